The van der Waals surface area contributed by atoms with E-state index in [0.29, 0.717) is 19.3 Å². The zero-order valence-electron chi connectivity index (χ0n) is 12.1. The van der Waals surface area contributed by atoms with Crippen molar-refractivity contribution in [3.05, 3.63) is 0 Å². The normalized spacial score (nSPS) is 15.3. The van der Waals surface area contributed by atoms with Crippen molar-refractivity contribution in [2.45, 2.75) is 52.1 Å². The maximum atomic E-state index is 12.0. The molecule has 114 valence electrons. The summed E-state index contributed by atoms with van der Waals surface area (Å²) in [7, 11) is -3.42. The number of carbonyl (C=O) groups is 1. The number of hydrogen-bond acceptors (Lipinski definition) is 4. The first kappa shape index (κ1) is 18.3. The van der Waals surface area contributed by atoms with E-state index in [2.05, 4.69) is 10.0 Å². The van der Waals surface area contributed by atoms with Crippen molar-refractivity contribution in [3.8, 4) is 0 Å². The maximum absolute atomic E-state index is 12.0. The Hall–Kier alpha value is -0.660. The van der Waals surface area contributed by atoms with E-state index in [4.69, 9.17) is 5.11 Å². The molecule has 1 amide bonds. The molecule has 0 aliphatic rings. The molecule has 0 fully saturated rings. The summed E-state index contributed by atoms with van der Waals surface area (Å²) >= 11 is 0. The van der Waals surface area contributed by atoms with Crippen molar-refractivity contribution in [3.63, 3.8) is 0 Å². The Morgan fingerprint density at radius 3 is 2.26 bits per heavy atom. The lowest BCUT2D eigenvalue weighted by molar-refractivity contribution is -0.123. The minimum Gasteiger partial charge on any atom is -0.396 e. The predicted molar refractivity (Wildman–Crippen MR) is 75.1 cm³/mol. The second kappa shape index (κ2) is 8.50. The van der Waals surface area contributed by atoms with Gasteiger partial charge in [0.15, 0.2) is 0 Å². The van der Waals surface area contributed by atoms with Crippen LogP contribution in [0.1, 0.15) is 40.0 Å². The molecule has 19 heavy (non-hydrogen) atoms. The Labute approximate surface area is 116 Å². The highest BCUT2D eigenvalue weighted by atomic mass is 32.2. The summed E-state index contributed by atoms with van der Waals surface area (Å²) in [5, 5.41) is 11.5. The number of sulfonamides is 1. The van der Waals surface area contributed by atoms with E-state index in [1.54, 1.807) is 0 Å². The van der Waals surface area contributed by atoms with Crippen molar-refractivity contribution in [2.75, 3.05) is 12.9 Å². The van der Waals surface area contributed by atoms with E-state index < -0.39 is 16.1 Å². The summed E-state index contributed by atoms with van der Waals surface area (Å²) in [6.45, 7) is 5.77. The first-order chi connectivity index (χ1) is 8.65. The topological polar surface area (TPSA) is 95.5 Å². The Morgan fingerprint density at radius 1 is 1.26 bits per heavy atom. The minimum absolute atomic E-state index is 0.0806. The molecule has 0 saturated heterocycles. The molecule has 3 N–H and O–H groups in total. The molecule has 0 radical (unpaired) electrons. The van der Waals surface area contributed by atoms with Gasteiger partial charge in [0.05, 0.1) is 6.26 Å². The van der Waals surface area contributed by atoms with Gasteiger partial charge in [0.2, 0.25) is 15.9 Å². The van der Waals surface area contributed by atoms with E-state index in [1.165, 1.54) is 0 Å². The molecule has 6 nitrogen and oxygen atoms in total. The van der Waals surface area contributed by atoms with Crippen LogP contribution < -0.4 is 10.0 Å². The molecule has 0 heterocycles. The quantitative estimate of drug-likeness (QED) is 0.567. The summed E-state index contributed by atoms with van der Waals surface area (Å²) in [5.74, 6) is -0.109. The van der Waals surface area contributed by atoms with Gasteiger partial charge in [-0.25, -0.2) is 13.1 Å². The van der Waals surface area contributed by atoms with Crippen LogP contribution >= 0.6 is 0 Å². The van der Waals surface area contributed by atoms with Gasteiger partial charge in [-0.1, -0.05) is 13.8 Å². The molecule has 0 aromatic rings. The largest absolute Gasteiger partial charge is 0.396 e. The Morgan fingerprint density at radius 2 is 1.84 bits per heavy atom. The van der Waals surface area contributed by atoms with Crippen molar-refractivity contribution < 1.29 is 18.3 Å². The Bertz CT molecular complexity index is 368. The van der Waals surface area contributed by atoms with Gasteiger partial charge in [0.1, 0.15) is 6.04 Å². The zero-order valence-corrected chi connectivity index (χ0v) is 13.0. The molecule has 2 unspecified atom stereocenters. The second-order valence-corrected chi connectivity index (χ2v) is 7.13. The van der Waals surface area contributed by atoms with Crippen LogP contribution in [-0.2, 0) is 14.8 Å². The Kier molecular flexibility index (Phi) is 8.20. The molecule has 0 aromatic carbocycles. The van der Waals surface area contributed by atoms with Gasteiger partial charge < -0.3 is 10.4 Å². The molecule has 0 bridgehead atoms. The number of amides is 1. The molecular formula is C12H26N2O4S. The summed E-state index contributed by atoms with van der Waals surface area (Å²) in [5.41, 5.74) is 0. The lowest BCUT2D eigenvalue weighted by atomic mass is 10.0. The molecular weight excluding hydrogens is 268 g/mol. The molecule has 0 aliphatic heterocycles. The highest BCUT2D eigenvalue weighted by Gasteiger charge is 2.23. The number of aliphatic hydroxyl groups is 1. The summed E-state index contributed by atoms with van der Waals surface area (Å²) < 4.78 is 24.9. The fraction of sp³-hybridized carbons (Fsp3) is 0.917. The fourth-order valence-corrected chi connectivity index (χ4v) is 2.47. The van der Waals surface area contributed by atoms with Gasteiger partial charge in [-0.2, -0.15) is 0 Å². The zero-order chi connectivity index (χ0) is 15.1. The van der Waals surface area contributed by atoms with Gasteiger partial charge in [0.25, 0.3) is 0 Å². The van der Waals surface area contributed by atoms with Crippen LogP contribution in [0, 0.1) is 5.92 Å². The molecule has 0 aromatic heterocycles. The van der Waals surface area contributed by atoms with E-state index in [1.807, 2.05) is 20.8 Å². The van der Waals surface area contributed by atoms with Crippen molar-refractivity contribution in [1.29, 1.82) is 0 Å². The van der Waals surface area contributed by atoms with Crippen molar-refractivity contribution in [2.24, 2.45) is 5.92 Å². The van der Waals surface area contributed by atoms with Gasteiger partial charge in [0, 0.05) is 12.6 Å². The number of hydrogen-bond donors (Lipinski definition) is 3. The Balaban J connectivity index is 4.54. The lowest BCUT2D eigenvalue weighted by Crippen LogP contribution is -2.49. The minimum atomic E-state index is -3.42. The molecule has 7 heteroatoms. The number of nitrogens with one attached hydrogen (secondary N) is 2. The fourth-order valence-electron chi connectivity index (χ4n) is 1.75. The lowest BCUT2D eigenvalue weighted by Gasteiger charge is -2.21. The second-order valence-electron chi connectivity index (χ2n) is 5.35. The van der Waals surface area contributed by atoms with Crippen molar-refractivity contribution in [1.82, 2.24) is 10.0 Å². The van der Waals surface area contributed by atoms with Crippen LogP contribution in [0.25, 0.3) is 0 Å². The first-order valence-corrected chi connectivity index (χ1v) is 8.43. The average Bonchev–Trinajstić information content (AvgIpc) is 2.22. The van der Waals surface area contributed by atoms with E-state index in [9.17, 15) is 13.2 Å². The van der Waals surface area contributed by atoms with Crippen molar-refractivity contribution >= 4 is 15.9 Å². The third-order valence-corrected chi connectivity index (χ3v) is 3.28. The standard InChI is InChI=1S/C12H26N2O4S/c1-9(2)8-11(14-19(4,17)18)12(16)13-10(3)6-5-7-15/h9-11,14-15H,5-8H2,1-4H3,(H,13,16). The van der Waals surface area contributed by atoms with E-state index >= 15 is 0 Å². The van der Waals surface area contributed by atoms with E-state index in [-0.39, 0.29) is 24.5 Å². The predicted octanol–water partition coefficient (Wildman–Crippen LogP) is 0.228. The van der Waals surface area contributed by atoms with Crippen LogP contribution in [0.5, 0.6) is 0 Å². The molecule has 0 spiro atoms. The number of aliphatic hydroxyl groups excluding tert-OH is 1. The summed E-state index contributed by atoms with van der Waals surface area (Å²) in [4.78, 5) is 12.0. The van der Waals surface area contributed by atoms with Crippen LogP contribution in [0.3, 0.4) is 0 Å². The maximum Gasteiger partial charge on any atom is 0.238 e. The molecule has 2 atom stereocenters. The monoisotopic (exact) mass is 294 g/mol. The highest BCUT2D eigenvalue weighted by molar-refractivity contribution is 7.88. The molecule has 0 rings (SSSR count). The first-order valence-electron chi connectivity index (χ1n) is 6.54. The average molecular weight is 294 g/mol. The van der Waals surface area contributed by atoms with Gasteiger partial charge >= 0.3 is 0 Å². The summed E-state index contributed by atoms with van der Waals surface area (Å²) in [6, 6.07) is -0.831. The SMILES string of the molecule is CC(C)CC(NS(C)(=O)=O)C(=O)NC(C)CCCO. The third-order valence-electron chi connectivity index (χ3n) is 2.56. The van der Waals surface area contributed by atoms with Gasteiger partial charge in [-0.05, 0) is 32.1 Å². The number of rotatable bonds is 9. The van der Waals surface area contributed by atoms with Crippen LogP contribution in [0.4, 0.5) is 0 Å². The smallest absolute Gasteiger partial charge is 0.238 e. The highest BCUT2D eigenvalue weighted by Crippen LogP contribution is 2.07. The molecule has 0 saturated carbocycles. The number of carbonyl (C=O) groups excluding carboxylic acids is 1. The third kappa shape index (κ3) is 9.86. The molecule has 0 aliphatic carbocycles. The van der Waals surface area contributed by atoms with Gasteiger partial charge in [-0.15, -0.1) is 0 Å². The van der Waals surface area contributed by atoms with Gasteiger partial charge in [-0.3, -0.25) is 4.79 Å². The van der Waals surface area contributed by atoms with E-state index in [0.717, 1.165) is 6.26 Å². The summed E-state index contributed by atoms with van der Waals surface area (Å²) in [6.07, 6.45) is 2.76. The van der Waals surface area contributed by atoms with Crippen LogP contribution in [-0.4, -0.2) is 44.4 Å². The van der Waals surface area contributed by atoms with Crippen LogP contribution in [0.15, 0.2) is 0 Å². The van der Waals surface area contributed by atoms with Crippen LogP contribution in [0.2, 0.25) is 0 Å².